The zero-order valence-corrected chi connectivity index (χ0v) is 30.2. The summed E-state index contributed by atoms with van der Waals surface area (Å²) in [5.74, 6) is 1.71. The molecule has 3 heteroatoms. The summed E-state index contributed by atoms with van der Waals surface area (Å²) < 4.78 is 19.9. The monoisotopic (exact) mass is 716 g/mol. The number of hydrogen-bond donors (Lipinski definition) is 0. The van der Waals surface area contributed by atoms with E-state index in [2.05, 4.69) is 194 Å². The first-order valence-electron chi connectivity index (χ1n) is 19.1. The van der Waals surface area contributed by atoms with E-state index in [9.17, 15) is 0 Å². The van der Waals surface area contributed by atoms with E-state index >= 15 is 0 Å². The third kappa shape index (κ3) is 4.40. The fourth-order valence-corrected chi connectivity index (χ4v) is 9.31. The summed E-state index contributed by atoms with van der Waals surface area (Å²) in [7, 11) is 0. The predicted octanol–water partition coefficient (Wildman–Crippen LogP) is 14.5. The van der Waals surface area contributed by atoms with Crippen molar-refractivity contribution in [2.75, 3.05) is 0 Å². The minimum atomic E-state index is -0.549. The average Bonchev–Trinajstić information content (AvgIpc) is 3.84. The van der Waals surface area contributed by atoms with E-state index in [1.807, 2.05) is 0 Å². The van der Waals surface area contributed by atoms with Gasteiger partial charge >= 0.3 is 0 Å². The van der Waals surface area contributed by atoms with Crippen LogP contribution >= 0.6 is 0 Å². The fourth-order valence-electron chi connectivity index (χ4n) is 9.31. The van der Waals surface area contributed by atoms with Crippen molar-refractivity contribution in [3.05, 3.63) is 216 Å². The van der Waals surface area contributed by atoms with Crippen LogP contribution in [0.4, 0.5) is 0 Å². The summed E-state index contributed by atoms with van der Waals surface area (Å²) >= 11 is 0. The Labute approximate surface area is 322 Å². The maximum atomic E-state index is 6.77. The van der Waals surface area contributed by atoms with Crippen LogP contribution in [-0.2, 0) is 5.41 Å². The molecule has 0 unspecified atom stereocenters. The molecule has 11 aromatic rings. The highest BCUT2D eigenvalue weighted by atomic mass is 16.5. The summed E-state index contributed by atoms with van der Waals surface area (Å²) in [4.78, 5) is 0. The highest BCUT2D eigenvalue weighted by Crippen LogP contribution is 2.56. The Balaban J connectivity index is 0.980. The van der Waals surface area contributed by atoms with Gasteiger partial charge in [0.05, 0.1) is 5.41 Å². The van der Waals surface area contributed by atoms with Crippen LogP contribution in [0, 0.1) is 0 Å². The first-order chi connectivity index (χ1) is 27.7. The van der Waals surface area contributed by atoms with Gasteiger partial charge in [-0.05, 0) is 87.3 Å². The lowest BCUT2D eigenvalue weighted by Gasteiger charge is -2.41. The summed E-state index contributed by atoms with van der Waals surface area (Å²) in [5, 5.41) is 6.70. The van der Waals surface area contributed by atoms with Gasteiger partial charge in [0.15, 0.2) is 0 Å². The highest BCUT2D eigenvalue weighted by Gasteiger charge is 2.45. The van der Waals surface area contributed by atoms with Crippen molar-refractivity contribution in [3.63, 3.8) is 0 Å². The number of furan rings is 2. The Hall–Kier alpha value is -7.36. The molecule has 9 aromatic carbocycles. The number of ether oxygens (including phenoxy) is 1. The van der Waals surface area contributed by atoms with Crippen molar-refractivity contribution in [3.8, 4) is 33.8 Å². The Morgan fingerprint density at radius 2 is 0.982 bits per heavy atom. The predicted molar refractivity (Wildman–Crippen MR) is 228 cm³/mol. The summed E-state index contributed by atoms with van der Waals surface area (Å²) in [6.45, 7) is 0. The Morgan fingerprint density at radius 3 is 1.79 bits per heavy atom. The van der Waals surface area contributed by atoms with Crippen LogP contribution in [0.25, 0.3) is 76.9 Å². The summed E-state index contributed by atoms with van der Waals surface area (Å²) in [6, 6.07) is 68.8. The van der Waals surface area contributed by atoms with Crippen LogP contribution in [0.3, 0.4) is 0 Å². The molecule has 3 heterocycles. The second-order valence-electron chi connectivity index (χ2n) is 14.8. The van der Waals surface area contributed by atoms with Gasteiger partial charge in [-0.1, -0.05) is 146 Å². The largest absolute Gasteiger partial charge is 0.457 e. The smallest absolute Gasteiger partial charge is 0.143 e. The van der Waals surface area contributed by atoms with E-state index < -0.39 is 5.41 Å². The highest BCUT2D eigenvalue weighted by molar-refractivity contribution is 6.19. The van der Waals surface area contributed by atoms with Crippen LogP contribution in [0.15, 0.2) is 203 Å². The van der Waals surface area contributed by atoms with E-state index in [-0.39, 0.29) is 0 Å². The van der Waals surface area contributed by atoms with Gasteiger partial charge in [-0.25, -0.2) is 0 Å². The molecular weight excluding hydrogens is 685 g/mol. The molecule has 0 saturated carbocycles. The lowest BCUT2D eigenvalue weighted by Crippen LogP contribution is -2.34. The molecule has 1 aliphatic heterocycles. The van der Waals surface area contributed by atoms with Gasteiger partial charge in [-0.2, -0.15) is 0 Å². The molecular formula is C53H32O3. The quantitative estimate of drug-likeness (QED) is 0.182. The molecule has 0 bridgehead atoms. The molecule has 0 spiro atoms. The van der Waals surface area contributed by atoms with Crippen LogP contribution < -0.4 is 4.74 Å². The van der Waals surface area contributed by atoms with Crippen molar-refractivity contribution in [2.24, 2.45) is 0 Å². The zero-order valence-electron chi connectivity index (χ0n) is 30.2. The second kappa shape index (κ2) is 11.8. The van der Waals surface area contributed by atoms with E-state index in [1.54, 1.807) is 0 Å². The van der Waals surface area contributed by atoms with Crippen molar-refractivity contribution < 1.29 is 13.6 Å². The lowest BCUT2D eigenvalue weighted by atomic mass is 9.63. The maximum absolute atomic E-state index is 6.77. The van der Waals surface area contributed by atoms with Crippen LogP contribution in [-0.4, -0.2) is 0 Å². The van der Waals surface area contributed by atoms with Gasteiger partial charge in [-0.3, -0.25) is 0 Å². The normalized spacial score (nSPS) is 13.3. The molecule has 56 heavy (non-hydrogen) atoms. The SMILES string of the molecule is c1ccc(C2(c3ccccc3)c3ccccc3Oc3cc(-c4ccc5c(c4)oc4cc(-c6cccc7oc8c9ccccc9ccc8c67)ccc45)ccc32)cc1. The van der Waals surface area contributed by atoms with E-state index in [4.69, 9.17) is 13.6 Å². The van der Waals surface area contributed by atoms with Crippen molar-refractivity contribution in [1.29, 1.82) is 0 Å². The van der Waals surface area contributed by atoms with Gasteiger partial charge in [0.1, 0.15) is 33.8 Å². The van der Waals surface area contributed by atoms with Crippen LogP contribution in [0.5, 0.6) is 11.5 Å². The first-order valence-corrected chi connectivity index (χ1v) is 19.1. The van der Waals surface area contributed by atoms with Crippen LogP contribution in [0.2, 0.25) is 0 Å². The minimum Gasteiger partial charge on any atom is -0.457 e. The van der Waals surface area contributed by atoms with E-state index in [0.717, 1.165) is 94.1 Å². The van der Waals surface area contributed by atoms with Crippen LogP contribution in [0.1, 0.15) is 22.3 Å². The third-order valence-electron chi connectivity index (χ3n) is 11.8. The summed E-state index contributed by atoms with van der Waals surface area (Å²) in [6.07, 6.45) is 0. The number of rotatable bonds is 4. The van der Waals surface area contributed by atoms with Gasteiger partial charge < -0.3 is 13.6 Å². The third-order valence-corrected chi connectivity index (χ3v) is 11.8. The Morgan fingerprint density at radius 1 is 0.357 bits per heavy atom. The van der Waals surface area contributed by atoms with Crippen molar-refractivity contribution in [1.82, 2.24) is 0 Å². The Bertz CT molecular complexity index is 3290. The molecule has 2 aromatic heterocycles. The molecule has 262 valence electrons. The van der Waals surface area contributed by atoms with E-state index in [0.29, 0.717) is 0 Å². The zero-order chi connectivity index (χ0) is 36.8. The second-order valence-corrected chi connectivity index (χ2v) is 14.8. The van der Waals surface area contributed by atoms with Gasteiger partial charge in [0.25, 0.3) is 0 Å². The maximum Gasteiger partial charge on any atom is 0.143 e. The van der Waals surface area contributed by atoms with Crippen molar-refractivity contribution >= 4 is 54.6 Å². The fraction of sp³-hybridized carbons (Fsp3) is 0.0189. The van der Waals surface area contributed by atoms with Gasteiger partial charge in [0, 0.05) is 38.1 Å². The number of hydrogen-bond acceptors (Lipinski definition) is 3. The summed E-state index contributed by atoms with van der Waals surface area (Å²) in [5.41, 5.74) is 11.9. The number of benzene rings is 9. The van der Waals surface area contributed by atoms with Gasteiger partial charge in [0.2, 0.25) is 0 Å². The topological polar surface area (TPSA) is 35.5 Å². The molecule has 3 nitrogen and oxygen atoms in total. The molecule has 0 aliphatic carbocycles. The molecule has 0 atom stereocenters. The van der Waals surface area contributed by atoms with Gasteiger partial charge in [-0.15, -0.1) is 0 Å². The first kappa shape index (κ1) is 31.0. The molecule has 0 fully saturated rings. The lowest BCUT2D eigenvalue weighted by molar-refractivity contribution is 0.435. The van der Waals surface area contributed by atoms with Crippen molar-refractivity contribution in [2.45, 2.75) is 5.41 Å². The van der Waals surface area contributed by atoms with E-state index in [1.165, 1.54) is 16.5 Å². The molecule has 0 radical (unpaired) electrons. The molecule has 1 aliphatic rings. The standard InChI is InChI=1S/C53H32O3/c1-3-13-37(14-4-1)53(38-15-5-2-6-16-38)44-19-9-10-20-46(44)54-50-31-35(25-29-45(50)53)34-23-26-41-42-27-24-36(32-49(42)55-48(41)30-34)39-18-11-21-47-51(39)43-28-22-33-12-7-8-17-40(33)52(43)56-47/h1-32H. The molecule has 0 saturated heterocycles. The molecule has 0 N–H and O–H groups in total. The average molecular weight is 717 g/mol. The number of para-hydroxylation sites is 1. The number of fused-ring (bicyclic) bond motifs is 10. The Kier molecular flexibility index (Phi) is 6.55. The molecule has 12 rings (SSSR count). The molecule has 0 amide bonds. The minimum absolute atomic E-state index is 0.549.